The zero-order valence-electron chi connectivity index (χ0n) is 11.2. The molecular weight excluding hydrogens is 248 g/mol. The van der Waals surface area contributed by atoms with Gasteiger partial charge in [0.05, 0.1) is 6.61 Å². The van der Waals surface area contributed by atoms with Crippen LogP contribution in [-0.2, 0) is 4.74 Å². The standard InChI is InChI=1S/C14H26OS2/c1-12(2)7-6-10-17-14(16)15-11-13-8-4-3-5-9-13/h12-13H,3-11H2,1-2H3. The second-order valence-corrected chi connectivity index (χ2v) is 7.15. The van der Waals surface area contributed by atoms with Gasteiger partial charge in [-0.1, -0.05) is 51.3 Å². The molecule has 0 bridgehead atoms. The fourth-order valence-electron chi connectivity index (χ4n) is 2.23. The molecule has 1 saturated carbocycles. The van der Waals surface area contributed by atoms with Crippen molar-refractivity contribution in [2.75, 3.05) is 12.4 Å². The van der Waals surface area contributed by atoms with Gasteiger partial charge in [0.15, 0.2) is 0 Å². The molecule has 0 aromatic carbocycles. The molecule has 0 atom stereocenters. The highest BCUT2D eigenvalue weighted by Crippen LogP contribution is 2.24. The van der Waals surface area contributed by atoms with Gasteiger partial charge in [0, 0.05) is 5.75 Å². The largest absolute Gasteiger partial charge is 0.478 e. The number of hydrogen-bond donors (Lipinski definition) is 0. The molecule has 1 fully saturated rings. The third-order valence-corrected chi connectivity index (χ3v) is 4.63. The summed E-state index contributed by atoms with van der Waals surface area (Å²) in [6, 6.07) is 0. The average molecular weight is 274 g/mol. The molecule has 0 aromatic heterocycles. The zero-order valence-corrected chi connectivity index (χ0v) is 12.9. The van der Waals surface area contributed by atoms with E-state index in [0.717, 1.165) is 28.6 Å². The van der Waals surface area contributed by atoms with E-state index in [1.54, 1.807) is 11.8 Å². The maximum Gasteiger partial charge on any atom is 0.219 e. The Morgan fingerprint density at radius 3 is 2.65 bits per heavy atom. The Morgan fingerprint density at radius 1 is 1.29 bits per heavy atom. The molecule has 17 heavy (non-hydrogen) atoms. The lowest BCUT2D eigenvalue weighted by Crippen LogP contribution is -2.14. The molecule has 0 aromatic rings. The Labute approximate surface area is 116 Å². The van der Waals surface area contributed by atoms with E-state index in [1.807, 2.05) is 0 Å². The summed E-state index contributed by atoms with van der Waals surface area (Å²) in [5.74, 6) is 2.67. The molecule has 1 aliphatic carbocycles. The molecule has 0 N–H and O–H groups in total. The molecule has 1 aliphatic rings. The summed E-state index contributed by atoms with van der Waals surface area (Å²) in [7, 11) is 0. The normalized spacial score (nSPS) is 17.4. The van der Waals surface area contributed by atoms with Gasteiger partial charge in [-0.15, -0.1) is 0 Å². The lowest BCUT2D eigenvalue weighted by Gasteiger charge is -2.21. The van der Waals surface area contributed by atoms with Crippen molar-refractivity contribution in [2.45, 2.75) is 58.8 Å². The predicted molar refractivity (Wildman–Crippen MR) is 81.7 cm³/mol. The van der Waals surface area contributed by atoms with Gasteiger partial charge < -0.3 is 4.74 Å². The van der Waals surface area contributed by atoms with E-state index < -0.39 is 0 Å². The maximum absolute atomic E-state index is 5.68. The monoisotopic (exact) mass is 274 g/mol. The molecule has 3 heteroatoms. The molecular formula is C14H26OS2. The van der Waals surface area contributed by atoms with Crippen molar-refractivity contribution in [1.29, 1.82) is 0 Å². The summed E-state index contributed by atoms with van der Waals surface area (Å²) in [5, 5.41) is 0. The van der Waals surface area contributed by atoms with Crippen LogP contribution < -0.4 is 0 Å². The molecule has 0 saturated heterocycles. The topological polar surface area (TPSA) is 9.23 Å². The summed E-state index contributed by atoms with van der Waals surface area (Å²) < 4.78 is 6.45. The summed E-state index contributed by atoms with van der Waals surface area (Å²) in [4.78, 5) is 0. The third-order valence-electron chi connectivity index (χ3n) is 3.31. The molecule has 100 valence electrons. The SMILES string of the molecule is CC(C)CCCSC(=S)OCC1CCCCC1. The minimum atomic E-state index is 0.762. The quantitative estimate of drug-likeness (QED) is 0.496. The van der Waals surface area contributed by atoms with Crippen molar-refractivity contribution < 1.29 is 4.74 Å². The van der Waals surface area contributed by atoms with Gasteiger partial charge >= 0.3 is 0 Å². The van der Waals surface area contributed by atoms with Crippen LogP contribution in [0.3, 0.4) is 0 Å². The van der Waals surface area contributed by atoms with Gasteiger partial charge in [-0.2, -0.15) is 0 Å². The first kappa shape index (κ1) is 15.3. The van der Waals surface area contributed by atoms with Crippen molar-refractivity contribution in [3.8, 4) is 0 Å². The van der Waals surface area contributed by atoms with Crippen LogP contribution >= 0.6 is 24.0 Å². The predicted octanol–water partition coefficient (Wildman–Crippen LogP) is 5.04. The van der Waals surface area contributed by atoms with E-state index in [2.05, 4.69) is 13.8 Å². The Bertz CT molecular complexity index is 210. The molecule has 0 spiro atoms. The van der Waals surface area contributed by atoms with Gasteiger partial charge in [0.25, 0.3) is 0 Å². The molecule has 1 nitrogen and oxygen atoms in total. The smallest absolute Gasteiger partial charge is 0.219 e. The van der Waals surface area contributed by atoms with Crippen LogP contribution in [0.25, 0.3) is 0 Å². The highest BCUT2D eigenvalue weighted by atomic mass is 32.2. The highest BCUT2D eigenvalue weighted by Gasteiger charge is 2.14. The van der Waals surface area contributed by atoms with Crippen LogP contribution in [0, 0.1) is 11.8 Å². The first-order chi connectivity index (χ1) is 8.18. The fraction of sp³-hybridized carbons (Fsp3) is 0.929. The van der Waals surface area contributed by atoms with E-state index in [1.165, 1.54) is 44.9 Å². The van der Waals surface area contributed by atoms with Crippen molar-refractivity contribution in [3.05, 3.63) is 0 Å². The molecule has 0 amide bonds. The molecule has 0 unspecified atom stereocenters. The van der Waals surface area contributed by atoms with Gasteiger partial charge in [-0.25, -0.2) is 0 Å². The maximum atomic E-state index is 5.68. The van der Waals surface area contributed by atoms with Crippen molar-refractivity contribution in [1.82, 2.24) is 0 Å². The number of thiocarbonyl (C=S) groups is 1. The minimum Gasteiger partial charge on any atom is -0.478 e. The second-order valence-electron chi connectivity index (χ2n) is 5.45. The van der Waals surface area contributed by atoms with E-state index in [4.69, 9.17) is 17.0 Å². The first-order valence-corrected chi connectivity index (χ1v) is 8.37. The van der Waals surface area contributed by atoms with Crippen molar-refractivity contribution in [3.63, 3.8) is 0 Å². The van der Waals surface area contributed by atoms with E-state index >= 15 is 0 Å². The first-order valence-electron chi connectivity index (χ1n) is 6.98. The summed E-state index contributed by atoms with van der Waals surface area (Å²) in [6.07, 6.45) is 9.37. The Balaban J connectivity index is 1.96. The Hall–Kier alpha value is 0.240. The number of rotatable bonds is 6. The molecule has 0 heterocycles. The average Bonchev–Trinajstić information content (AvgIpc) is 2.33. The van der Waals surface area contributed by atoms with Gasteiger partial charge in [-0.05, 0) is 43.3 Å². The van der Waals surface area contributed by atoms with Crippen LogP contribution in [0.15, 0.2) is 0 Å². The Morgan fingerprint density at radius 2 is 2.00 bits per heavy atom. The van der Waals surface area contributed by atoms with E-state index in [-0.39, 0.29) is 0 Å². The van der Waals surface area contributed by atoms with E-state index in [0.29, 0.717) is 0 Å². The molecule has 1 rings (SSSR count). The minimum absolute atomic E-state index is 0.762. The molecule has 0 aliphatic heterocycles. The summed E-state index contributed by atoms with van der Waals surface area (Å²) in [5.41, 5.74) is 0. The third kappa shape index (κ3) is 8.04. The van der Waals surface area contributed by atoms with Crippen LogP contribution in [0.2, 0.25) is 0 Å². The van der Waals surface area contributed by atoms with E-state index in [9.17, 15) is 0 Å². The fourth-order valence-corrected chi connectivity index (χ4v) is 3.18. The van der Waals surface area contributed by atoms with Crippen LogP contribution in [0.1, 0.15) is 58.8 Å². The highest BCUT2D eigenvalue weighted by molar-refractivity contribution is 8.22. The second kappa shape index (κ2) is 9.21. The Kier molecular flexibility index (Phi) is 8.29. The van der Waals surface area contributed by atoms with Gasteiger partial charge in [-0.3, -0.25) is 0 Å². The zero-order chi connectivity index (χ0) is 12.5. The van der Waals surface area contributed by atoms with Crippen LogP contribution in [-0.4, -0.2) is 16.7 Å². The van der Waals surface area contributed by atoms with Gasteiger partial charge in [0.1, 0.15) is 0 Å². The lowest BCUT2D eigenvalue weighted by atomic mass is 9.90. The summed E-state index contributed by atoms with van der Waals surface area (Å²) in [6.45, 7) is 5.39. The van der Waals surface area contributed by atoms with Gasteiger partial charge in [0.2, 0.25) is 4.38 Å². The van der Waals surface area contributed by atoms with Crippen LogP contribution in [0.5, 0.6) is 0 Å². The number of hydrogen-bond acceptors (Lipinski definition) is 3. The van der Waals surface area contributed by atoms with Crippen molar-refractivity contribution in [2.24, 2.45) is 11.8 Å². The van der Waals surface area contributed by atoms with Crippen LogP contribution in [0.4, 0.5) is 0 Å². The van der Waals surface area contributed by atoms with Crippen molar-refractivity contribution >= 4 is 28.4 Å². The number of thioether (sulfide) groups is 1. The summed E-state index contributed by atoms with van der Waals surface area (Å²) >= 11 is 6.96. The molecule has 0 radical (unpaired) electrons. The number of ether oxygens (including phenoxy) is 1. The lowest BCUT2D eigenvalue weighted by molar-refractivity contribution is 0.208.